The maximum absolute atomic E-state index is 13.6. The lowest BCUT2D eigenvalue weighted by Gasteiger charge is -2.33. The monoisotopic (exact) mass is 578 g/mol. The highest BCUT2D eigenvalue weighted by Crippen LogP contribution is 2.32. The highest BCUT2D eigenvalue weighted by Gasteiger charge is 2.32. The second kappa shape index (κ2) is 12.2. The second-order valence-electron chi connectivity index (χ2n) is 11.7. The molecule has 2 aliphatic heterocycles. The predicted octanol–water partition coefficient (Wildman–Crippen LogP) is 2.44. The van der Waals surface area contributed by atoms with Crippen molar-refractivity contribution in [3.63, 3.8) is 0 Å². The van der Waals surface area contributed by atoms with E-state index in [1.807, 2.05) is 18.2 Å². The van der Waals surface area contributed by atoms with Gasteiger partial charge in [0.15, 0.2) is 11.5 Å². The molecule has 3 amide bonds. The lowest BCUT2D eigenvalue weighted by Crippen LogP contribution is -2.51. The number of anilines is 1. The molecule has 1 fully saturated rings. The summed E-state index contributed by atoms with van der Waals surface area (Å²) in [5, 5.41) is 2.64. The first-order valence-corrected chi connectivity index (χ1v) is 14.3. The number of H-pyrrole nitrogens is 1. The lowest BCUT2D eigenvalue weighted by molar-refractivity contribution is -0.134. The Morgan fingerprint density at radius 2 is 2.02 bits per heavy atom. The van der Waals surface area contributed by atoms with Gasteiger partial charge in [0, 0.05) is 31.6 Å². The third-order valence-corrected chi connectivity index (χ3v) is 7.49. The Bertz CT molecular complexity index is 1450. The first kappa shape index (κ1) is 29.1. The second-order valence-corrected chi connectivity index (χ2v) is 11.7. The molecule has 0 radical (unpaired) electrons. The Morgan fingerprint density at radius 3 is 2.81 bits per heavy atom. The van der Waals surface area contributed by atoms with E-state index in [0.29, 0.717) is 31.8 Å². The molecule has 2 aliphatic rings. The van der Waals surface area contributed by atoms with Gasteiger partial charge in [-0.2, -0.15) is 0 Å². The largest absolute Gasteiger partial charge is 0.491 e. The minimum atomic E-state index is -0.943. The molecular formula is C29H38N8O5. The summed E-state index contributed by atoms with van der Waals surface area (Å²) >= 11 is 0. The molecule has 1 unspecified atom stereocenters. The number of carbonyl (C=O) groups is 3. The van der Waals surface area contributed by atoms with Crippen LogP contribution >= 0.6 is 0 Å². The normalized spacial score (nSPS) is 17.5. The molecule has 0 spiro atoms. The van der Waals surface area contributed by atoms with Crippen LogP contribution in [0.5, 0.6) is 5.75 Å². The van der Waals surface area contributed by atoms with Crippen LogP contribution in [0.15, 0.2) is 30.9 Å². The summed E-state index contributed by atoms with van der Waals surface area (Å²) in [5.74, 6) is 0.696. The summed E-state index contributed by atoms with van der Waals surface area (Å²) in [7, 11) is 0. The fraction of sp³-hybridized carbons (Fsp3) is 0.517. The van der Waals surface area contributed by atoms with Crippen LogP contribution in [0.3, 0.4) is 0 Å². The number of primary amides is 1. The summed E-state index contributed by atoms with van der Waals surface area (Å²) in [4.78, 5) is 57.7. The van der Waals surface area contributed by atoms with E-state index in [-0.39, 0.29) is 24.8 Å². The molecule has 0 aliphatic carbocycles. The number of amides is 3. The molecule has 1 saturated heterocycles. The molecule has 2 atom stereocenters. The van der Waals surface area contributed by atoms with Crippen LogP contribution < -0.4 is 20.7 Å². The summed E-state index contributed by atoms with van der Waals surface area (Å²) < 4.78 is 11.8. The molecular weight excluding hydrogens is 540 g/mol. The van der Waals surface area contributed by atoms with Crippen molar-refractivity contribution in [2.75, 3.05) is 24.6 Å². The van der Waals surface area contributed by atoms with Gasteiger partial charge in [0.2, 0.25) is 11.8 Å². The summed E-state index contributed by atoms with van der Waals surface area (Å²) in [6.07, 6.45) is 5.08. The van der Waals surface area contributed by atoms with Crippen LogP contribution in [0.25, 0.3) is 11.2 Å². The predicted molar refractivity (Wildman–Crippen MR) is 155 cm³/mol. The first-order chi connectivity index (χ1) is 20.1. The topological polar surface area (TPSA) is 169 Å². The minimum Gasteiger partial charge on any atom is -0.491 e. The number of fused-ring (bicyclic) bond motifs is 2. The number of nitrogens with zero attached hydrogens (tertiary/aromatic N) is 5. The van der Waals surface area contributed by atoms with Gasteiger partial charge in [0.25, 0.3) is 0 Å². The summed E-state index contributed by atoms with van der Waals surface area (Å²) in [6.45, 7) is 7.33. The van der Waals surface area contributed by atoms with Gasteiger partial charge < -0.3 is 35.3 Å². The maximum atomic E-state index is 13.6. The number of rotatable bonds is 9. The van der Waals surface area contributed by atoms with Crippen LogP contribution in [0.2, 0.25) is 0 Å². The van der Waals surface area contributed by atoms with E-state index in [1.54, 1.807) is 32.0 Å². The van der Waals surface area contributed by atoms with E-state index in [2.05, 4.69) is 30.2 Å². The quantitative estimate of drug-likeness (QED) is 0.345. The fourth-order valence-electron chi connectivity index (χ4n) is 5.53. The zero-order chi connectivity index (χ0) is 29.9. The van der Waals surface area contributed by atoms with Crippen molar-refractivity contribution < 1.29 is 23.9 Å². The van der Waals surface area contributed by atoms with Crippen molar-refractivity contribution in [1.29, 1.82) is 0 Å². The Labute approximate surface area is 244 Å². The standard InChI is InChI=1S/C29H38N8O5/c1-29(2,3)42-28(40)35-21(9-10-23(30)38)27(39)36-13-11-18-6-4-8-22(20(18)14-36)41-15-19-7-5-12-37(19)26-24-25(32-16-31-24)33-17-34-26/h4,6,8,16-17,19,21H,5,7,9-15H2,1-3H3,(H2,30,38)(H,35,40)(H,31,32,33,34)/t19-,21?/m1/s1. The number of carbonyl (C=O) groups excluding carboxylic acids is 3. The van der Waals surface area contributed by atoms with Crippen molar-refractivity contribution >= 4 is 34.9 Å². The van der Waals surface area contributed by atoms with E-state index in [4.69, 9.17) is 15.2 Å². The molecule has 1 aromatic carbocycles. The van der Waals surface area contributed by atoms with E-state index in [9.17, 15) is 14.4 Å². The molecule has 13 nitrogen and oxygen atoms in total. The van der Waals surface area contributed by atoms with Gasteiger partial charge in [-0.25, -0.2) is 19.7 Å². The lowest BCUT2D eigenvalue weighted by atomic mass is 9.97. The van der Waals surface area contributed by atoms with Crippen molar-refractivity contribution in [1.82, 2.24) is 30.2 Å². The smallest absolute Gasteiger partial charge is 0.408 e. The highest BCUT2D eigenvalue weighted by atomic mass is 16.6. The van der Waals surface area contributed by atoms with Gasteiger partial charge in [-0.3, -0.25) is 9.59 Å². The Balaban J connectivity index is 1.28. The molecule has 4 N–H and O–H groups in total. The molecule has 224 valence electrons. The molecule has 13 heteroatoms. The third-order valence-electron chi connectivity index (χ3n) is 7.49. The number of alkyl carbamates (subject to hydrolysis) is 1. The number of benzene rings is 1. The van der Waals surface area contributed by atoms with Crippen LogP contribution in [0, 0.1) is 0 Å². The van der Waals surface area contributed by atoms with Crippen LogP contribution in [0.1, 0.15) is 57.6 Å². The van der Waals surface area contributed by atoms with Crippen LogP contribution in [0.4, 0.5) is 10.6 Å². The van der Waals surface area contributed by atoms with Crippen LogP contribution in [-0.2, 0) is 27.3 Å². The first-order valence-electron chi connectivity index (χ1n) is 14.3. The Kier molecular flexibility index (Phi) is 8.46. The van der Waals surface area contributed by atoms with Gasteiger partial charge >= 0.3 is 6.09 Å². The van der Waals surface area contributed by atoms with Gasteiger partial charge in [0.05, 0.1) is 12.4 Å². The van der Waals surface area contributed by atoms with Crippen molar-refractivity contribution in [3.05, 3.63) is 42.0 Å². The number of nitrogens with two attached hydrogens (primary N) is 1. The zero-order valence-corrected chi connectivity index (χ0v) is 24.3. The number of nitrogens with one attached hydrogen (secondary N) is 2. The third kappa shape index (κ3) is 6.72. The minimum absolute atomic E-state index is 0.0416. The van der Waals surface area contributed by atoms with Crippen LogP contribution in [-0.4, -0.2) is 80.1 Å². The average molecular weight is 579 g/mol. The van der Waals surface area contributed by atoms with Crippen molar-refractivity contribution in [3.8, 4) is 5.75 Å². The van der Waals surface area contributed by atoms with E-state index in [0.717, 1.165) is 47.6 Å². The SMILES string of the molecule is CC(C)(C)OC(=O)NC(CCC(N)=O)C(=O)N1CCc2cccc(OC[C@H]3CCCN3c3ncnc4nc[nH]c34)c2C1. The number of ether oxygens (including phenoxy) is 2. The number of imidazole rings is 1. The molecule has 3 aromatic rings. The molecule has 4 heterocycles. The number of hydrogen-bond acceptors (Lipinski definition) is 9. The van der Waals surface area contributed by atoms with Gasteiger partial charge in [-0.15, -0.1) is 0 Å². The molecule has 42 heavy (non-hydrogen) atoms. The molecule has 0 saturated carbocycles. The number of aromatic amines is 1. The van der Waals surface area contributed by atoms with Crippen molar-refractivity contribution in [2.45, 2.75) is 77.1 Å². The zero-order valence-electron chi connectivity index (χ0n) is 24.3. The summed E-state index contributed by atoms with van der Waals surface area (Å²) in [5.41, 5.74) is 8.10. The maximum Gasteiger partial charge on any atom is 0.408 e. The molecule has 2 aromatic heterocycles. The molecule has 0 bridgehead atoms. The molecule has 5 rings (SSSR count). The van der Waals surface area contributed by atoms with E-state index >= 15 is 0 Å². The number of hydrogen-bond donors (Lipinski definition) is 3. The Morgan fingerprint density at radius 1 is 1.19 bits per heavy atom. The highest BCUT2D eigenvalue weighted by molar-refractivity contribution is 5.87. The van der Waals surface area contributed by atoms with Gasteiger partial charge in [-0.1, -0.05) is 12.1 Å². The Hall–Kier alpha value is -4.42. The summed E-state index contributed by atoms with van der Waals surface area (Å²) in [6, 6.07) is 5.11. The van der Waals surface area contributed by atoms with Gasteiger partial charge in [0.1, 0.15) is 35.8 Å². The van der Waals surface area contributed by atoms with E-state index < -0.39 is 23.6 Å². The average Bonchev–Trinajstić information content (AvgIpc) is 3.62. The van der Waals surface area contributed by atoms with E-state index in [1.165, 1.54) is 6.33 Å². The van der Waals surface area contributed by atoms with Gasteiger partial charge in [-0.05, 0) is 58.1 Å². The van der Waals surface area contributed by atoms with Crippen molar-refractivity contribution in [2.24, 2.45) is 5.73 Å². The number of aromatic nitrogens is 4. The fourth-order valence-corrected chi connectivity index (χ4v) is 5.53.